The fourth-order valence-electron chi connectivity index (χ4n) is 2.85. The molecular weight excluding hydrogens is 282 g/mol. The van der Waals surface area contributed by atoms with Gasteiger partial charge in [-0.3, -0.25) is 4.79 Å². The minimum atomic E-state index is 0.0224. The van der Waals surface area contributed by atoms with Crippen LogP contribution in [0.4, 0.5) is 0 Å². The van der Waals surface area contributed by atoms with Crippen LogP contribution in [0, 0.1) is 0 Å². The van der Waals surface area contributed by atoms with Gasteiger partial charge in [-0.15, -0.1) is 11.3 Å². The van der Waals surface area contributed by atoms with Crippen LogP contribution in [0.2, 0.25) is 0 Å². The highest BCUT2D eigenvalue weighted by Crippen LogP contribution is 2.37. The Kier molecular flexibility index (Phi) is 4.36. The van der Waals surface area contributed by atoms with Gasteiger partial charge in [-0.05, 0) is 35.9 Å². The molecule has 4 heteroatoms. The molecule has 0 saturated carbocycles. The van der Waals surface area contributed by atoms with E-state index in [1.165, 1.54) is 16.0 Å². The third-order valence-electron chi connectivity index (χ3n) is 3.83. The Balaban J connectivity index is 1.95. The van der Waals surface area contributed by atoms with Crippen molar-refractivity contribution in [3.05, 3.63) is 57.8 Å². The SMILES string of the molecule is CCOCC(=O)N1CCc2sccc2C1c1ccccc1. The summed E-state index contributed by atoms with van der Waals surface area (Å²) in [6.45, 7) is 3.41. The largest absolute Gasteiger partial charge is 0.372 e. The zero-order valence-electron chi connectivity index (χ0n) is 12.1. The molecule has 1 aliphatic heterocycles. The summed E-state index contributed by atoms with van der Waals surface area (Å²) in [5, 5.41) is 2.12. The van der Waals surface area contributed by atoms with E-state index in [1.54, 1.807) is 11.3 Å². The Morgan fingerprint density at radius 1 is 1.33 bits per heavy atom. The summed E-state index contributed by atoms with van der Waals surface area (Å²) in [7, 11) is 0. The lowest BCUT2D eigenvalue weighted by atomic mass is 9.93. The van der Waals surface area contributed by atoms with Gasteiger partial charge in [-0.25, -0.2) is 0 Å². The lowest BCUT2D eigenvalue weighted by Crippen LogP contribution is -2.41. The van der Waals surface area contributed by atoms with E-state index in [-0.39, 0.29) is 18.6 Å². The molecule has 1 unspecified atom stereocenters. The van der Waals surface area contributed by atoms with Crippen molar-refractivity contribution in [3.8, 4) is 0 Å². The number of hydrogen-bond acceptors (Lipinski definition) is 3. The molecule has 21 heavy (non-hydrogen) atoms. The number of hydrogen-bond donors (Lipinski definition) is 0. The lowest BCUT2D eigenvalue weighted by Gasteiger charge is -2.36. The highest BCUT2D eigenvalue weighted by molar-refractivity contribution is 7.10. The highest BCUT2D eigenvalue weighted by Gasteiger charge is 2.32. The Bertz CT molecular complexity index is 608. The monoisotopic (exact) mass is 301 g/mol. The number of carbonyl (C=O) groups is 1. The van der Waals surface area contributed by atoms with Crippen molar-refractivity contribution in [1.29, 1.82) is 0 Å². The summed E-state index contributed by atoms with van der Waals surface area (Å²) in [6.07, 6.45) is 0.939. The summed E-state index contributed by atoms with van der Waals surface area (Å²) in [5.74, 6) is 0.0718. The summed E-state index contributed by atoms with van der Waals surface area (Å²) < 4.78 is 5.31. The van der Waals surface area contributed by atoms with Crippen LogP contribution in [-0.2, 0) is 16.0 Å². The Morgan fingerprint density at radius 3 is 2.90 bits per heavy atom. The first-order valence-electron chi connectivity index (χ1n) is 7.29. The van der Waals surface area contributed by atoms with E-state index in [0.717, 1.165) is 13.0 Å². The Labute approximate surface area is 129 Å². The van der Waals surface area contributed by atoms with Gasteiger partial charge < -0.3 is 9.64 Å². The van der Waals surface area contributed by atoms with E-state index in [1.807, 2.05) is 30.0 Å². The number of benzene rings is 1. The normalized spacial score (nSPS) is 17.6. The van der Waals surface area contributed by atoms with Crippen LogP contribution in [0.1, 0.15) is 29.0 Å². The molecule has 3 nitrogen and oxygen atoms in total. The zero-order valence-corrected chi connectivity index (χ0v) is 12.9. The van der Waals surface area contributed by atoms with Gasteiger partial charge in [0.25, 0.3) is 0 Å². The first-order valence-corrected chi connectivity index (χ1v) is 8.17. The maximum absolute atomic E-state index is 12.5. The van der Waals surface area contributed by atoms with E-state index >= 15 is 0 Å². The third kappa shape index (κ3) is 2.87. The molecule has 0 radical (unpaired) electrons. The van der Waals surface area contributed by atoms with Gasteiger partial charge in [0.15, 0.2) is 0 Å². The van der Waals surface area contributed by atoms with Crippen LogP contribution >= 0.6 is 11.3 Å². The summed E-state index contributed by atoms with van der Waals surface area (Å²) in [4.78, 5) is 15.8. The molecule has 0 N–H and O–H groups in total. The molecule has 0 saturated heterocycles. The third-order valence-corrected chi connectivity index (χ3v) is 4.83. The second-order valence-electron chi connectivity index (χ2n) is 5.09. The van der Waals surface area contributed by atoms with E-state index in [0.29, 0.717) is 6.61 Å². The van der Waals surface area contributed by atoms with Crippen LogP contribution in [-0.4, -0.2) is 30.6 Å². The molecule has 0 bridgehead atoms. The Hall–Kier alpha value is -1.65. The van der Waals surface area contributed by atoms with Crippen LogP contribution in [0.15, 0.2) is 41.8 Å². The van der Waals surface area contributed by atoms with Crippen LogP contribution in [0.3, 0.4) is 0 Å². The molecule has 0 fully saturated rings. The van der Waals surface area contributed by atoms with Crippen molar-refractivity contribution in [3.63, 3.8) is 0 Å². The predicted octanol–water partition coefficient (Wildman–Crippen LogP) is 3.26. The van der Waals surface area contributed by atoms with Gasteiger partial charge in [0.05, 0.1) is 6.04 Å². The molecule has 1 atom stereocenters. The zero-order chi connectivity index (χ0) is 14.7. The number of amides is 1. The number of nitrogens with zero attached hydrogens (tertiary/aromatic N) is 1. The maximum atomic E-state index is 12.5. The average Bonchev–Trinajstić information content (AvgIpc) is 3.01. The van der Waals surface area contributed by atoms with Gasteiger partial charge >= 0.3 is 0 Å². The molecule has 1 aromatic carbocycles. The van der Waals surface area contributed by atoms with Crippen molar-refractivity contribution in [2.24, 2.45) is 0 Å². The first kappa shape index (κ1) is 14.3. The maximum Gasteiger partial charge on any atom is 0.249 e. The second-order valence-corrected chi connectivity index (χ2v) is 6.09. The fraction of sp³-hybridized carbons (Fsp3) is 0.353. The van der Waals surface area contributed by atoms with Gasteiger partial charge in [0.2, 0.25) is 5.91 Å². The van der Waals surface area contributed by atoms with Gasteiger partial charge in [0, 0.05) is 18.0 Å². The van der Waals surface area contributed by atoms with Crippen molar-refractivity contribution in [2.45, 2.75) is 19.4 Å². The summed E-state index contributed by atoms with van der Waals surface area (Å²) in [6, 6.07) is 12.4. The topological polar surface area (TPSA) is 29.5 Å². The molecule has 1 amide bonds. The lowest BCUT2D eigenvalue weighted by molar-refractivity contribution is -0.138. The number of carbonyl (C=O) groups excluding carboxylic acids is 1. The second kappa shape index (κ2) is 6.41. The van der Waals surface area contributed by atoms with Crippen LogP contribution in [0.5, 0.6) is 0 Å². The molecule has 1 aliphatic rings. The molecule has 0 spiro atoms. The van der Waals surface area contributed by atoms with Crippen molar-refractivity contribution >= 4 is 17.2 Å². The van der Waals surface area contributed by atoms with Gasteiger partial charge in [-0.1, -0.05) is 30.3 Å². The number of fused-ring (bicyclic) bond motifs is 1. The molecule has 1 aromatic heterocycles. The first-order chi connectivity index (χ1) is 10.3. The smallest absolute Gasteiger partial charge is 0.249 e. The molecule has 110 valence electrons. The standard InChI is InChI=1S/C17H19NO2S/c1-2-20-12-16(19)18-10-8-15-14(9-11-21-15)17(18)13-6-4-3-5-7-13/h3-7,9,11,17H,2,8,10,12H2,1H3. The number of ether oxygens (including phenoxy) is 1. The van der Waals surface area contributed by atoms with Gasteiger partial charge in [0.1, 0.15) is 6.61 Å². The van der Waals surface area contributed by atoms with E-state index in [4.69, 9.17) is 4.74 Å². The molecule has 0 aliphatic carbocycles. The minimum absolute atomic E-state index is 0.0224. The van der Waals surface area contributed by atoms with Crippen molar-refractivity contribution < 1.29 is 9.53 Å². The minimum Gasteiger partial charge on any atom is -0.372 e. The van der Waals surface area contributed by atoms with Crippen LogP contribution in [0.25, 0.3) is 0 Å². The van der Waals surface area contributed by atoms with E-state index < -0.39 is 0 Å². The summed E-state index contributed by atoms with van der Waals surface area (Å²) >= 11 is 1.79. The molecule has 3 rings (SSSR count). The molecule has 2 heterocycles. The molecular formula is C17H19NO2S. The van der Waals surface area contributed by atoms with Crippen molar-refractivity contribution in [2.75, 3.05) is 19.8 Å². The van der Waals surface area contributed by atoms with Gasteiger partial charge in [-0.2, -0.15) is 0 Å². The Morgan fingerprint density at radius 2 is 2.14 bits per heavy atom. The van der Waals surface area contributed by atoms with Crippen LogP contribution < -0.4 is 0 Å². The van der Waals surface area contributed by atoms with E-state index in [9.17, 15) is 4.79 Å². The predicted molar refractivity (Wildman–Crippen MR) is 84.5 cm³/mol. The number of rotatable bonds is 4. The fourth-order valence-corrected chi connectivity index (χ4v) is 3.76. The van der Waals surface area contributed by atoms with Crippen molar-refractivity contribution in [1.82, 2.24) is 4.90 Å². The molecule has 2 aromatic rings. The average molecular weight is 301 g/mol. The number of thiophene rings is 1. The quantitative estimate of drug-likeness (QED) is 0.867. The highest BCUT2D eigenvalue weighted by atomic mass is 32.1. The van der Waals surface area contributed by atoms with E-state index in [2.05, 4.69) is 23.6 Å². The summed E-state index contributed by atoms with van der Waals surface area (Å²) in [5.41, 5.74) is 2.43.